The summed E-state index contributed by atoms with van der Waals surface area (Å²) >= 11 is 2.96. The molecule has 0 radical (unpaired) electrons. The third-order valence-electron chi connectivity index (χ3n) is 2.43. The number of halogens is 2. The van der Waals surface area contributed by atoms with Crippen molar-refractivity contribution >= 4 is 37.7 Å². The van der Waals surface area contributed by atoms with Crippen LogP contribution < -0.4 is 4.72 Å². The third kappa shape index (κ3) is 3.37. The summed E-state index contributed by atoms with van der Waals surface area (Å²) in [5, 5.41) is 8.88. The van der Waals surface area contributed by atoms with Crippen LogP contribution in [0.25, 0.3) is 0 Å². The molecule has 9 heteroatoms. The Balaban J connectivity index is 2.53. The Labute approximate surface area is 127 Å². The number of hydrogen-bond donors (Lipinski definition) is 2. The van der Waals surface area contributed by atoms with Gasteiger partial charge in [-0.05, 0) is 24.3 Å². The number of carboxylic acid groups (broad SMARTS) is 1. The van der Waals surface area contributed by atoms with Crippen molar-refractivity contribution < 1.29 is 22.7 Å². The number of rotatable bonds is 4. The molecule has 6 nitrogen and oxygen atoms in total. The highest BCUT2D eigenvalue weighted by atomic mass is 79.9. The number of aromatic carboxylic acids is 1. The molecule has 0 unspecified atom stereocenters. The number of aromatic nitrogens is 1. The molecule has 0 saturated heterocycles. The number of nitrogens with one attached hydrogen (secondary N) is 1. The van der Waals surface area contributed by atoms with E-state index in [4.69, 9.17) is 5.11 Å². The van der Waals surface area contributed by atoms with Gasteiger partial charge in [-0.15, -0.1) is 0 Å². The van der Waals surface area contributed by atoms with Crippen LogP contribution in [-0.4, -0.2) is 24.5 Å². The van der Waals surface area contributed by atoms with Crippen LogP contribution >= 0.6 is 15.9 Å². The summed E-state index contributed by atoms with van der Waals surface area (Å²) in [5.41, 5.74) is -0.745. The quantitative estimate of drug-likeness (QED) is 0.856. The van der Waals surface area contributed by atoms with Crippen molar-refractivity contribution in [2.75, 3.05) is 4.72 Å². The molecule has 0 bridgehead atoms. The van der Waals surface area contributed by atoms with E-state index in [2.05, 4.69) is 25.6 Å². The number of benzene rings is 1. The van der Waals surface area contributed by atoms with Crippen molar-refractivity contribution in [3.63, 3.8) is 0 Å². The van der Waals surface area contributed by atoms with Crippen LogP contribution in [0.5, 0.6) is 0 Å². The van der Waals surface area contributed by atoms with E-state index in [1.807, 2.05) is 0 Å². The lowest BCUT2D eigenvalue weighted by Gasteiger charge is -2.10. The molecule has 1 aromatic heterocycles. The van der Waals surface area contributed by atoms with Gasteiger partial charge in [0.1, 0.15) is 10.7 Å². The number of sulfonamides is 1. The molecule has 2 N–H and O–H groups in total. The van der Waals surface area contributed by atoms with Crippen molar-refractivity contribution in [2.45, 2.75) is 4.90 Å². The molecular formula is C12H8BrFN2O4S. The minimum Gasteiger partial charge on any atom is -0.478 e. The van der Waals surface area contributed by atoms with Crippen LogP contribution in [0.1, 0.15) is 10.4 Å². The summed E-state index contributed by atoms with van der Waals surface area (Å²) in [6.45, 7) is 0. The maximum Gasteiger partial charge on any atom is 0.338 e. The van der Waals surface area contributed by atoms with Crippen LogP contribution in [0.3, 0.4) is 0 Å². The number of pyridine rings is 1. The number of anilines is 1. The second-order valence-electron chi connectivity index (χ2n) is 3.89. The summed E-state index contributed by atoms with van der Waals surface area (Å²) in [6.07, 6.45) is 1.36. The van der Waals surface area contributed by atoms with Crippen LogP contribution in [0.4, 0.5) is 10.2 Å². The molecule has 0 spiro atoms. The van der Waals surface area contributed by atoms with Crippen LogP contribution in [0, 0.1) is 5.82 Å². The maximum absolute atomic E-state index is 14.1. The first-order valence-corrected chi connectivity index (χ1v) is 7.75. The normalized spacial score (nSPS) is 11.1. The van der Waals surface area contributed by atoms with Crippen molar-refractivity contribution in [3.05, 3.63) is 52.4 Å². The largest absolute Gasteiger partial charge is 0.478 e. The molecule has 110 valence electrons. The second-order valence-corrected chi connectivity index (χ2v) is 6.46. The zero-order valence-corrected chi connectivity index (χ0v) is 12.6. The molecule has 2 rings (SSSR count). The molecule has 0 amide bonds. The Morgan fingerprint density at radius 1 is 1.33 bits per heavy atom. The summed E-state index contributed by atoms with van der Waals surface area (Å²) in [4.78, 5) is 13.9. The van der Waals surface area contributed by atoms with Crippen molar-refractivity contribution in [3.8, 4) is 0 Å². The lowest BCUT2D eigenvalue weighted by atomic mass is 10.2. The lowest BCUT2D eigenvalue weighted by Crippen LogP contribution is -2.17. The molecule has 21 heavy (non-hydrogen) atoms. The van der Waals surface area contributed by atoms with Gasteiger partial charge in [-0.2, -0.15) is 0 Å². The van der Waals surface area contributed by atoms with E-state index in [-0.39, 0.29) is 10.3 Å². The fraction of sp³-hybridized carbons (Fsp3) is 0. The number of hydrogen-bond acceptors (Lipinski definition) is 4. The molecule has 0 aliphatic carbocycles. The highest BCUT2D eigenvalue weighted by molar-refractivity contribution is 9.10. The molecular weight excluding hydrogens is 367 g/mol. The van der Waals surface area contributed by atoms with Crippen molar-refractivity contribution in [1.82, 2.24) is 4.98 Å². The van der Waals surface area contributed by atoms with Crippen molar-refractivity contribution in [2.24, 2.45) is 0 Å². The summed E-state index contributed by atoms with van der Waals surface area (Å²) < 4.78 is 40.6. The number of carboxylic acids is 1. The molecule has 0 aliphatic rings. The van der Waals surface area contributed by atoms with Gasteiger partial charge in [0.25, 0.3) is 10.0 Å². The van der Waals surface area contributed by atoms with E-state index >= 15 is 0 Å². The van der Waals surface area contributed by atoms with Gasteiger partial charge < -0.3 is 5.11 Å². The fourth-order valence-corrected chi connectivity index (χ4v) is 3.27. The molecule has 0 fully saturated rings. The predicted octanol–water partition coefficient (Wildman–Crippen LogP) is 2.48. The predicted molar refractivity (Wildman–Crippen MR) is 76.1 cm³/mol. The Bertz CT molecular complexity index is 796. The molecule has 1 aromatic carbocycles. The van der Waals surface area contributed by atoms with Gasteiger partial charge in [0.05, 0.1) is 5.56 Å². The summed E-state index contributed by atoms with van der Waals surface area (Å²) in [5.74, 6) is -2.91. The summed E-state index contributed by atoms with van der Waals surface area (Å²) in [7, 11) is -4.30. The van der Waals surface area contributed by atoms with E-state index in [0.29, 0.717) is 0 Å². The first kappa shape index (κ1) is 15.4. The van der Waals surface area contributed by atoms with Crippen LogP contribution in [-0.2, 0) is 10.0 Å². The lowest BCUT2D eigenvalue weighted by molar-refractivity contribution is 0.0691. The molecule has 0 aliphatic heterocycles. The SMILES string of the molecule is O=C(O)c1cc(Br)cc(S(=O)(=O)Nc2ccccn2)c1F. The third-order valence-corrected chi connectivity index (χ3v) is 4.24. The van der Waals surface area contributed by atoms with E-state index in [1.165, 1.54) is 12.3 Å². The maximum atomic E-state index is 14.1. The highest BCUT2D eigenvalue weighted by Crippen LogP contribution is 2.25. The minimum absolute atomic E-state index is 0.00579. The van der Waals surface area contributed by atoms with E-state index in [9.17, 15) is 17.6 Å². The van der Waals surface area contributed by atoms with Gasteiger partial charge in [0.15, 0.2) is 5.82 Å². The molecule has 0 atom stereocenters. The first-order chi connectivity index (χ1) is 9.81. The van der Waals surface area contributed by atoms with E-state index in [1.54, 1.807) is 12.1 Å². The van der Waals surface area contributed by atoms with Gasteiger partial charge >= 0.3 is 5.97 Å². The van der Waals surface area contributed by atoms with Gasteiger partial charge in [-0.3, -0.25) is 4.72 Å². The van der Waals surface area contributed by atoms with E-state index < -0.39 is 32.3 Å². The zero-order chi connectivity index (χ0) is 15.6. The molecule has 2 aromatic rings. The van der Waals surface area contributed by atoms with Gasteiger partial charge in [0, 0.05) is 10.7 Å². The smallest absolute Gasteiger partial charge is 0.338 e. The Morgan fingerprint density at radius 3 is 2.62 bits per heavy atom. The number of carbonyl (C=O) groups is 1. The Kier molecular flexibility index (Phi) is 4.24. The second kappa shape index (κ2) is 5.78. The standard InChI is InChI=1S/C12H8BrFN2O4S/c13-7-5-8(12(17)18)11(14)9(6-7)21(19,20)16-10-3-1-2-4-15-10/h1-6H,(H,15,16)(H,17,18). The Morgan fingerprint density at radius 2 is 2.05 bits per heavy atom. The molecule has 0 saturated carbocycles. The van der Waals surface area contributed by atoms with Crippen molar-refractivity contribution in [1.29, 1.82) is 0 Å². The zero-order valence-electron chi connectivity index (χ0n) is 10.2. The minimum atomic E-state index is -4.30. The number of nitrogens with zero attached hydrogens (tertiary/aromatic N) is 1. The van der Waals surface area contributed by atoms with Gasteiger partial charge in [0.2, 0.25) is 0 Å². The van der Waals surface area contributed by atoms with Crippen LogP contribution in [0.15, 0.2) is 45.9 Å². The van der Waals surface area contributed by atoms with Gasteiger partial charge in [-0.1, -0.05) is 22.0 Å². The average molecular weight is 375 g/mol. The van der Waals surface area contributed by atoms with Gasteiger partial charge in [-0.25, -0.2) is 22.6 Å². The highest BCUT2D eigenvalue weighted by Gasteiger charge is 2.25. The monoisotopic (exact) mass is 374 g/mol. The topological polar surface area (TPSA) is 96.4 Å². The van der Waals surface area contributed by atoms with Crippen LogP contribution in [0.2, 0.25) is 0 Å². The average Bonchev–Trinajstić information content (AvgIpc) is 2.41. The summed E-state index contributed by atoms with van der Waals surface area (Å²) in [6, 6.07) is 6.47. The molecule has 1 heterocycles. The van der Waals surface area contributed by atoms with E-state index in [0.717, 1.165) is 12.1 Å². The Hall–Kier alpha value is -2.00. The fourth-order valence-electron chi connectivity index (χ4n) is 1.53. The first-order valence-electron chi connectivity index (χ1n) is 5.47.